The third-order valence-electron chi connectivity index (χ3n) is 6.56. The molecule has 0 aliphatic carbocycles. The van der Waals surface area contributed by atoms with Crippen LogP contribution in [0.5, 0.6) is 0 Å². The molecule has 0 spiro atoms. The fourth-order valence-electron chi connectivity index (χ4n) is 4.61. The molecule has 9 heteroatoms. The Kier molecular flexibility index (Phi) is 6.70. The number of thiazole rings is 1. The molecule has 0 N–H and O–H groups in total. The summed E-state index contributed by atoms with van der Waals surface area (Å²) in [5.41, 5.74) is 1.96. The summed E-state index contributed by atoms with van der Waals surface area (Å²) in [6, 6.07) is 12.7. The van der Waals surface area contributed by atoms with Gasteiger partial charge in [-0.3, -0.25) is 9.69 Å². The number of aromatic nitrogens is 1. The van der Waals surface area contributed by atoms with E-state index in [1.54, 1.807) is 17.0 Å². The Balaban J connectivity index is 1.52. The van der Waals surface area contributed by atoms with Crippen molar-refractivity contribution in [1.29, 1.82) is 0 Å². The zero-order valence-corrected chi connectivity index (χ0v) is 20.9. The molecule has 180 valence electrons. The Morgan fingerprint density at radius 2 is 1.94 bits per heavy atom. The number of ether oxygens (including phenoxy) is 1. The molecule has 2 fully saturated rings. The van der Waals surface area contributed by atoms with E-state index in [1.165, 1.54) is 21.7 Å². The number of rotatable bonds is 6. The van der Waals surface area contributed by atoms with E-state index in [2.05, 4.69) is 0 Å². The lowest BCUT2D eigenvalue weighted by atomic mass is 10.1. The zero-order valence-electron chi connectivity index (χ0n) is 19.3. The van der Waals surface area contributed by atoms with Crippen LogP contribution in [0.2, 0.25) is 0 Å². The molecule has 0 radical (unpaired) electrons. The second kappa shape index (κ2) is 9.73. The van der Waals surface area contributed by atoms with Crippen molar-refractivity contribution >= 4 is 42.6 Å². The van der Waals surface area contributed by atoms with Gasteiger partial charge in [0.05, 0.1) is 27.8 Å². The summed E-state index contributed by atoms with van der Waals surface area (Å²) in [4.78, 5) is 20.5. The van der Waals surface area contributed by atoms with Crippen molar-refractivity contribution in [2.45, 2.75) is 50.0 Å². The standard InChI is InChI=1S/C25H29N3O4S2/c1-18-11-12-20(34(30,31)27-13-5-2-6-14-27)16-21(18)24(29)28(17-19-8-7-15-32-19)25-26-22-9-3-4-10-23(22)33-25/h3-4,9-12,16,19H,2,5-8,13-15,17H2,1H3. The van der Waals surface area contributed by atoms with Crippen LogP contribution in [0, 0.1) is 6.92 Å². The van der Waals surface area contributed by atoms with E-state index < -0.39 is 10.0 Å². The first kappa shape index (κ1) is 23.4. The number of sulfonamides is 1. The summed E-state index contributed by atoms with van der Waals surface area (Å²) in [5, 5.41) is 0.602. The number of hydrogen-bond donors (Lipinski definition) is 0. The van der Waals surface area contributed by atoms with Crippen LogP contribution in [0.25, 0.3) is 10.2 Å². The zero-order chi connectivity index (χ0) is 23.7. The number of benzene rings is 2. The number of fused-ring (bicyclic) bond motifs is 1. The number of piperidine rings is 1. The van der Waals surface area contributed by atoms with E-state index in [9.17, 15) is 13.2 Å². The second-order valence-electron chi connectivity index (χ2n) is 8.96. The smallest absolute Gasteiger partial charge is 0.260 e. The molecular weight excluding hydrogens is 470 g/mol. The molecule has 2 aromatic carbocycles. The number of carbonyl (C=O) groups excluding carboxylic acids is 1. The maximum absolute atomic E-state index is 13.9. The Bertz CT molecular complexity index is 1260. The van der Waals surface area contributed by atoms with Crippen molar-refractivity contribution in [3.8, 4) is 0 Å². The number of amides is 1. The average Bonchev–Trinajstić information content (AvgIpc) is 3.52. The van der Waals surface area contributed by atoms with Gasteiger partial charge in [-0.05, 0) is 62.4 Å². The van der Waals surface area contributed by atoms with Crippen LogP contribution in [-0.4, -0.2) is 56.0 Å². The molecule has 2 saturated heterocycles. The molecule has 1 aromatic heterocycles. The van der Waals surface area contributed by atoms with Crippen LogP contribution in [0.3, 0.4) is 0 Å². The lowest BCUT2D eigenvalue weighted by Gasteiger charge is -2.27. The summed E-state index contributed by atoms with van der Waals surface area (Å²) in [7, 11) is -3.64. The monoisotopic (exact) mass is 499 g/mol. The number of nitrogens with zero attached hydrogens (tertiary/aromatic N) is 3. The van der Waals surface area contributed by atoms with Crippen molar-refractivity contribution in [3.05, 3.63) is 53.6 Å². The molecule has 1 amide bonds. The summed E-state index contributed by atoms with van der Waals surface area (Å²) in [5.74, 6) is -0.247. The van der Waals surface area contributed by atoms with Gasteiger partial charge in [0.25, 0.3) is 5.91 Å². The van der Waals surface area contributed by atoms with Crippen LogP contribution in [0.15, 0.2) is 47.4 Å². The van der Waals surface area contributed by atoms with Gasteiger partial charge in [0, 0.05) is 25.3 Å². The normalized spacial score (nSPS) is 19.5. The molecule has 0 saturated carbocycles. The minimum Gasteiger partial charge on any atom is -0.376 e. The number of carbonyl (C=O) groups is 1. The Labute approximate surface area is 204 Å². The van der Waals surface area contributed by atoms with Gasteiger partial charge in [0.2, 0.25) is 10.0 Å². The summed E-state index contributed by atoms with van der Waals surface area (Å²) >= 11 is 1.46. The van der Waals surface area contributed by atoms with E-state index in [4.69, 9.17) is 9.72 Å². The van der Waals surface area contributed by atoms with Gasteiger partial charge in [-0.15, -0.1) is 0 Å². The molecular formula is C25H29N3O4S2. The van der Waals surface area contributed by atoms with E-state index in [1.807, 2.05) is 31.2 Å². The highest BCUT2D eigenvalue weighted by Crippen LogP contribution is 2.32. The maximum Gasteiger partial charge on any atom is 0.260 e. The SMILES string of the molecule is Cc1ccc(S(=O)(=O)N2CCCCC2)cc1C(=O)N(CC1CCCO1)c1nc2ccccc2s1. The van der Waals surface area contributed by atoms with Crippen molar-refractivity contribution in [1.82, 2.24) is 9.29 Å². The summed E-state index contributed by atoms with van der Waals surface area (Å²) in [6.45, 7) is 3.97. The predicted octanol–water partition coefficient (Wildman–Crippen LogP) is 4.61. The van der Waals surface area contributed by atoms with Gasteiger partial charge < -0.3 is 4.74 Å². The maximum atomic E-state index is 13.9. The molecule has 7 nitrogen and oxygen atoms in total. The van der Waals surface area contributed by atoms with E-state index in [0.717, 1.165) is 47.9 Å². The lowest BCUT2D eigenvalue weighted by molar-refractivity contribution is 0.0916. The quantitative estimate of drug-likeness (QED) is 0.495. The number of para-hydroxylation sites is 1. The van der Waals surface area contributed by atoms with Gasteiger partial charge in [0.1, 0.15) is 0 Å². The van der Waals surface area contributed by atoms with E-state index in [-0.39, 0.29) is 16.9 Å². The third-order valence-corrected chi connectivity index (χ3v) is 9.52. The molecule has 3 heterocycles. The van der Waals surface area contributed by atoms with Gasteiger partial charge in [-0.2, -0.15) is 4.31 Å². The van der Waals surface area contributed by atoms with Crippen LogP contribution in [0.4, 0.5) is 5.13 Å². The average molecular weight is 500 g/mol. The molecule has 3 aromatic rings. The molecule has 1 unspecified atom stereocenters. The van der Waals surface area contributed by atoms with Crippen LogP contribution in [0.1, 0.15) is 48.0 Å². The minimum atomic E-state index is -3.64. The fraction of sp³-hybridized carbons (Fsp3) is 0.440. The number of anilines is 1. The lowest BCUT2D eigenvalue weighted by Crippen LogP contribution is -2.38. The Hall–Kier alpha value is -2.33. The summed E-state index contributed by atoms with van der Waals surface area (Å²) < 4.78 is 34.9. The molecule has 0 bridgehead atoms. The first-order valence-corrected chi connectivity index (χ1v) is 14.1. The van der Waals surface area contributed by atoms with Gasteiger partial charge in [-0.25, -0.2) is 13.4 Å². The van der Waals surface area contributed by atoms with Crippen molar-refractivity contribution in [2.24, 2.45) is 0 Å². The number of aryl methyl sites for hydroxylation is 1. The van der Waals surface area contributed by atoms with Crippen LogP contribution < -0.4 is 4.90 Å². The topological polar surface area (TPSA) is 79.8 Å². The largest absolute Gasteiger partial charge is 0.376 e. The Morgan fingerprint density at radius 3 is 2.68 bits per heavy atom. The fourth-order valence-corrected chi connectivity index (χ4v) is 7.12. The molecule has 34 heavy (non-hydrogen) atoms. The highest BCUT2D eigenvalue weighted by molar-refractivity contribution is 7.89. The van der Waals surface area contributed by atoms with Crippen molar-refractivity contribution < 1.29 is 17.9 Å². The van der Waals surface area contributed by atoms with Gasteiger partial charge in [0.15, 0.2) is 5.13 Å². The second-order valence-corrected chi connectivity index (χ2v) is 11.9. The first-order chi connectivity index (χ1) is 16.4. The highest BCUT2D eigenvalue weighted by Gasteiger charge is 2.30. The molecule has 1 atom stereocenters. The van der Waals surface area contributed by atoms with E-state index >= 15 is 0 Å². The summed E-state index contributed by atoms with van der Waals surface area (Å²) in [6.07, 6.45) is 4.57. The van der Waals surface area contributed by atoms with Crippen molar-refractivity contribution in [2.75, 3.05) is 31.1 Å². The number of hydrogen-bond acceptors (Lipinski definition) is 6. The van der Waals surface area contributed by atoms with Gasteiger partial charge in [-0.1, -0.05) is 36.0 Å². The van der Waals surface area contributed by atoms with Crippen molar-refractivity contribution in [3.63, 3.8) is 0 Å². The molecule has 5 rings (SSSR count). The first-order valence-electron chi connectivity index (χ1n) is 11.8. The third kappa shape index (κ3) is 4.62. The molecule has 2 aliphatic heterocycles. The predicted molar refractivity (Wildman–Crippen MR) is 134 cm³/mol. The minimum absolute atomic E-state index is 0.0588. The van der Waals surface area contributed by atoms with Gasteiger partial charge >= 0.3 is 0 Å². The molecule has 2 aliphatic rings. The Morgan fingerprint density at radius 1 is 1.15 bits per heavy atom. The van der Waals surface area contributed by atoms with Crippen LogP contribution in [-0.2, 0) is 14.8 Å². The highest BCUT2D eigenvalue weighted by atomic mass is 32.2. The van der Waals surface area contributed by atoms with Crippen LogP contribution >= 0.6 is 11.3 Å². The van der Waals surface area contributed by atoms with E-state index in [0.29, 0.717) is 36.9 Å².